The fourth-order valence-corrected chi connectivity index (χ4v) is 3.50. The van der Waals surface area contributed by atoms with E-state index in [2.05, 4.69) is 15.0 Å². The third-order valence-corrected chi connectivity index (χ3v) is 4.86. The number of anilines is 2. The number of carbonyl (C=O) groups excluding carboxylic acids is 2. The molecule has 31 heavy (non-hydrogen) atoms. The largest absolute Gasteiger partial charge is 0.573 e. The van der Waals surface area contributed by atoms with Gasteiger partial charge in [-0.2, -0.15) is 0 Å². The number of hydrogen-bond donors (Lipinski definition) is 1. The highest BCUT2D eigenvalue weighted by Gasteiger charge is 2.37. The molecule has 7 nitrogen and oxygen atoms in total. The van der Waals surface area contributed by atoms with Gasteiger partial charge in [0.15, 0.2) is 0 Å². The monoisotopic (exact) mass is 430 g/mol. The molecule has 10 heteroatoms. The van der Waals surface area contributed by atoms with Crippen molar-refractivity contribution in [3.05, 3.63) is 60.3 Å². The van der Waals surface area contributed by atoms with Crippen LogP contribution in [0.15, 0.2) is 54.7 Å². The van der Waals surface area contributed by atoms with E-state index in [9.17, 15) is 22.8 Å². The number of nitrogens with zero attached hydrogens (tertiary/aromatic N) is 3. The van der Waals surface area contributed by atoms with Crippen molar-refractivity contribution < 1.29 is 27.5 Å². The van der Waals surface area contributed by atoms with E-state index in [4.69, 9.17) is 0 Å². The predicted molar refractivity (Wildman–Crippen MR) is 108 cm³/mol. The summed E-state index contributed by atoms with van der Waals surface area (Å²) in [6, 6.07) is 11.5. The maximum Gasteiger partial charge on any atom is 0.573 e. The first-order valence-electron chi connectivity index (χ1n) is 9.29. The number of fused-ring (bicyclic) bond motifs is 1. The zero-order valence-electron chi connectivity index (χ0n) is 16.3. The minimum Gasteiger partial charge on any atom is -0.406 e. The summed E-state index contributed by atoms with van der Waals surface area (Å²) in [7, 11) is 1.79. The van der Waals surface area contributed by atoms with Crippen molar-refractivity contribution in [3.63, 3.8) is 0 Å². The van der Waals surface area contributed by atoms with E-state index in [1.165, 1.54) is 17.0 Å². The van der Waals surface area contributed by atoms with E-state index in [-0.39, 0.29) is 18.8 Å². The highest BCUT2D eigenvalue weighted by Crippen LogP contribution is 2.29. The number of imide groups is 1. The Morgan fingerprint density at radius 2 is 1.84 bits per heavy atom. The number of benzene rings is 2. The molecular formula is C21H17F3N4O3. The van der Waals surface area contributed by atoms with Crippen molar-refractivity contribution in [2.24, 2.45) is 0 Å². The number of carbonyl (C=O) groups is 2. The van der Waals surface area contributed by atoms with Crippen LogP contribution in [-0.2, 0) is 11.3 Å². The molecule has 0 radical (unpaired) electrons. The highest BCUT2D eigenvalue weighted by atomic mass is 19.4. The number of ether oxygens (including phenoxy) is 1. The number of nitrogens with one attached hydrogen (secondary N) is 1. The second kappa shape index (κ2) is 7.78. The molecule has 0 bridgehead atoms. The highest BCUT2D eigenvalue weighted by molar-refractivity contribution is 6.19. The van der Waals surface area contributed by atoms with Crippen LogP contribution >= 0.6 is 0 Å². The summed E-state index contributed by atoms with van der Waals surface area (Å²) in [5, 5.41) is 3.92. The van der Waals surface area contributed by atoms with Gasteiger partial charge in [-0.15, -0.1) is 13.2 Å². The van der Waals surface area contributed by atoms with E-state index in [0.29, 0.717) is 0 Å². The molecule has 2 heterocycles. The molecule has 0 unspecified atom stereocenters. The smallest absolute Gasteiger partial charge is 0.406 e. The van der Waals surface area contributed by atoms with Crippen molar-refractivity contribution in [3.8, 4) is 5.75 Å². The van der Waals surface area contributed by atoms with Gasteiger partial charge in [-0.25, -0.2) is 9.69 Å². The Kier molecular flexibility index (Phi) is 5.14. The van der Waals surface area contributed by atoms with Crippen LogP contribution in [0.25, 0.3) is 10.9 Å². The van der Waals surface area contributed by atoms with Crippen molar-refractivity contribution >= 4 is 34.2 Å². The zero-order chi connectivity index (χ0) is 22.2. The van der Waals surface area contributed by atoms with Crippen LogP contribution in [0.3, 0.4) is 0 Å². The van der Waals surface area contributed by atoms with Gasteiger partial charge in [0.05, 0.1) is 16.9 Å². The molecule has 1 saturated heterocycles. The summed E-state index contributed by atoms with van der Waals surface area (Å²) < 4.78 is 40.8. The molecule has 1 aromatic heterocycles. The van der Waals surface area contributed by atoms with Crippen LogP contribution in [0.4, 0.5) is 29.3 Å². The first-order chi connectivity index (χ1) is 14.8. The molecule has 0 aliphatic carbocycles. The molecule has 0 atom stereocenters. The minimum absolute atomic E-state index is 0.144. The van der Waals surface area contributed by atoms with Crippen molar-refractivity contribution in [1.29, 1.82) is 0 Å². The SMILES string of the molecule is CNc1cccc2c(CN3CC(=O)N(c4ccc(OC(F)(F)F)cc4)C3=O)ccnc12. The van der Waals surface area contributed by atoms with Crippen LogP contribution in [0.5, 0.6) is 5.75 Å². The zero-order valence-corrected chi connectivity index (χ0v) is 16.3. The maximum absolute atomic E-state index is 12.9. The van der Waals surface area contributed by atoms with Gasteiger partial charge < -0.3 is 15.0 Å². The summed E-state index contributed by atoms with van der Waals surface area (Å²) in [5.74, 6) is -0.903. The summed E-state index contributed by atoms with van der Waals surface area (Å²) >= 11 is 0. The Bertz CT molecular complexity index is 1150. The van der Waals surface area contributed by atoms with Gasteiger partial charge in [-0.05, 0) is 42.0 Å². The standard InChI is InChI=1S/C21H17F3N4O3/c1-25-17-4-2-3-16-13(9-10-26-19(16)17)11-27-12-18(29)28(20(27)30)14-5-7-15(8-6-14)31-21(22,23)24/h2-10,25H,11-12H2,1H3. The third-order valence-electron chi connectivity index (χ3n) is 4.86. The predicted octanol–water partition coefficient (Wildman–Crippen LogP) is 4.14. The topological polar surface area (TPSA) is 74.8 Å². The number of aromatic nitrogens is 1. The lowest BCUT2D eigenvalue weighted by Crippen LogP contribution is -2.32. The van der Waals surface area contributed by atoms with Gasteiger partial charge in [0, 0.05) is 25.2 Å². The molecule has 4 rings (SSSR count). The minimum atomic E-state index is -4.82. The van der Waals surface area contributed by atoms with Crippen LogP contribution in [0.1, 0.15) is 5.56 Å². The number of urea groups is 1. The summed E-state index contributed by atoms with van der Waals surface area (Å²) in [6.07, 6.45) is -3.18. The van der Waals surface area contributed by atoms with Crippen molar-refractivity contribution in [1.82, 2.24) is 9.88 Å². The van der Waals surface area contributed by atoms with E-state index in [0.717, 1.165) is 39.2 Å². The maximum atomic E-state index is 12.9. The molecule has 160 valence electrons. The molecule has 1 fully saturated rings. The van der Waals surface area contributed by atoms with E-state index < -0.39 is 24.1 Å². The number of rotatable bonds is 5. The Balaban J connectivity index is 1.56. The van der Waals surface area contributed by atoms with Gasteiger partial charge in [0.2, 0.25) is 0 Å². The molecule has 0 saturated carbocycles. The number of para-hydroxylation sites is 1. The molecule has 3 aromatic rings. The van der Waals surface area contributed by atoms with Crippen molar-refractivity contribution in [2.45, 2.75) is 12.9 Å². The Morgan fingerprint density at radius 1 is 1.10 bits per heavy atom. The molecule has 1 N–H and O–H groups in total. The van der Waals surface area contributed by atoms with E-state index >= 15 is 0 Å². The second-order valence-corrected chi connectivity index (χ2v) is 6.83. The third kappa shape index (κ3) is 4.09. The Hall–Kier alpha value is -3.82. The van der Waals surface area contributed by atoms with Crippen molar-refractivity contribution in [2.75, 3.05) is 23.8 Å². The second-order valence-electron chi connectivity index (χ2n) is 6.83. The van der Waals surface area contributed by atoms with Gasteiger partial charge in [-0.3, -0.25) is 9.78 Å². The van der Waals surface area contributed by atoms with E-state index in [1.54, 1.807) is 19.3 Å². The Morgan fingerprint density at radius 3 is 2.52 bits per heavy atom. The Labute approximate surface area is 175 Å². The first-order valence-corrected chi connectivity index (χ1v) is 9.29. The lowest BCUT2D eigenvalue weighted by molar-refractivity contribution is -0.274. The molecule has 1 aliphatic heterocycles. The number of hydrogen-bond acceptors (Lipinski definition) is 5. The fourth-order valence-electron chi connectivity index (χ4n) is 3.50. The molecule has 0 spiro atoms. The quantitative estimate of drug-likeness (QED) is 0.616. The lowest BCUT2D eigenvalue weighted by Gasteiger charge is -2.18. The molecule has 2 aromatic carbocycles. The average Bonchev–Trinajstić information content (AvgIpc) is 3.00. The van der Waals surface area contributed by atoms with Gasteiger partial charge in [0.1, 0.15) is 12.3 Å². The summed E-state index contributed by atoms with van der Waals surface area (Å²) in [5.41, 5.74) is 2.58. The van der Waals surface area contributed by atoms with Crippen LogP contribution in [-0.4, -0.2) is 41.8 Å². The summed E-state index contributed by atoms with van der Waals surface area (Å²) in [6.45, 7) is 0.0394. The van der Waals surface area contributed by atoms with Crippen LogP contribution in [0, 0.1) is 0 Å². The normalized spacial score (nSPS) is 14.5. The lowest BCUT2D eigenvalue weighted by atomic mass is 10.1. The number of pyridine rings is 1. The van der Waals surface area contributed by atoms with Gasteiger partial charge >= 0.3 is 12.4 Å². The fraction of sp³-hybridized carbons (Fsp3) is 0.190. The van der Waals surface area contributed by atoms with Crippen LogP contribution in [0.2, 0.25) is 0 Å². The average molecular weight is 430 g/mol. The molecule has 1 aliphatic rings. The molecule has 3 amide bonds. The van der Waals surface area contributed by atoms with Gasteiger partial charge in [0.25, 0.3) is 5.91 Å². The first kappa shape index (κ1) is 20.5. The molecular weight excluding hydrogens is 413 g/mol. The number of halogens is 3. The van der Waals surface area contributed by atoms with E-state index in [1.807, 2.05) is 18.2 Å². The number of alkyl halides is 3. The number of amides is 3. The van der Waals surface area contributed by atoms with Crippen LogP contribution < -0.4 is 15.0 Å². The summed E-state index contributed by atoms with van der Waals surface area (Å²) in [4.78, 5) is 32.1. The van der Waals surface area contributed by atoms with Gasteiger partial charge in [-0.1, -0.05) is 12.1 Å².